The van der Waals surface area contributed by atoms with Gasteiger partial charge in [-0.05, 0) is 31.4 Å². The molecule has 14 heavy (non-hydrogen) atoms. The number of nitrogens with one attached hydrogen (secondary N) is 1. The van der Waals surface area contributed by atoms with Gasteiger partial charge in [0.25, 0.3) is 0 Å². The topological polar surface area (TPSA) is 38.0 Å². The number of benzene rings is 1. The molecular formula is C10H15ClN2S. The van der Waals surface area contributed by atoms with Crippen LogP contribution in [0.4, 0.5) is 11.4 Å². The second-order valence-electron chi connectivity index (χ2n) is 3.24. The van der Waals surface area contributed by atoms with Crippen molar-refractivity contribution in [3.05, 3.63) is 23.2 Å². The molecule has 3 N–H and O–H groups in total. The number of hydrogen-bond acceptors (Lipinski definition) is 3. The predicted octanol–water partition coefficient (Wildman–Crippen LogP) is 3.09. The lowest BCUT2D eigenvalue weighted by atomic mass is 10.2. The first-order valence-corrected chi connectivity index (χ1v) is 6.21. The van der Waals surface area contributed by atoms with E-state index in [0.29, 0.717) is 16.8 Å². The second-order valence-corrected chi connectivity index (χ2v) is 4.56. The summed E-state index contributed by atoms with van der Waals surface area (Å²) in [6.45, 7) is 2.13. The Labute approximate surface area is 94.2 Å². The standard InChI is InChI=1S/C10H15ClN2S/c1-7(6-14-2)13-10-4-3-8(12)5-9(10)11/h3-5,7,13H,6,12H2,1-2H3. The summed E-state index contributed by atoms with van der Waals surface area (Å²) in [5.41, 5.74) is 7.24. The molecule has 0 fully saturated rings. The lowest BCUT2D eigenvalue weighted by Gasteiger charge is -2.15. The molecule has 0 aromatic heterocycles. The minimum absolute atomic E-state index is 0.408. The van der Waals surface area contributed by atoms with E-state index in [2.05, 4.69) is 18.5 Å². The fourth-order valence-electron chi connectivity index (χ4n) is 1.21. The molecule has 0 saturated heterocycles. The minimum Gasteiger partial charge on any atom is -0.399 e. The van der Waals surface area contributed by atoms with Gasteiger partial charge in [-0.3, -0.25) is 0 Å². The van der Waals surface area contributed by atoms with Crippen molar-refractivity contribution in [1.82, 2.24) is 0 Å². The molecule has 0 aliphatic heterocycles. The van der Waals surface area contributed by atoms with Gasteiger partial charge in [0.2, 0.25) is 0 Å². The van der Waals surface area contributed by atoms with Crippen molar-refractivity contribution in [3.8, 4) is 0 Å². The molecule has 0 bridgehead atoms. The van der Waals surface area contributed by atoms with Crippen LogP contribution in [0.3, 0.4) is 0 Å². The van der Waals surface area contributed by atoms with E-state index < -0.39 is 0 Å². The third kappa shape index (κ3) is 3.31. The third-order valence-corrected chi connectivity index (χ3v) is 2.96. The van der Waals surface area contributed by atoms with Crippen LogP contribution in [0.25, 0.3) is 0 Å². The van der Waals surface area contributed by atoms with Crippen molar-refractivity contribution >= 4 is 34.7 Å². The average Bonchev–Trinajstić information content (AvgIpc) is 2.10. The van der Waals surface area contributed by atoms with Crippen molar-refractivity contribution in [2.45, 2.75) is 13.0 Å². The van der Waals surface area contributed by atoms with Crippen LogP contribution in [0.2, 0.25) is 5.02 Å². The minimum atomic E-state index is 0.408. The molecule has 1 aromatic rings. The third-order valence-electron chi connectivity index (χ3n) is 1.81. The molecule has 78 valence electrons. The molecule has 4 heteroatoms. The molecule has 0 radical (unpaired) electrons. The van der Waals surface area contributed by atoms with Crippen molar-refractivity contribution in [2.24, 2.45) is 0 Å². The van der Waals surface area contributed by atoms with Crippen LogP contribution in [0, 0.1) is 0 Å². The Bertz CT molecular complexity index is 304. The Morgan fingerprint density at radius 3 is 2.86 bits per heavy atom. The highest BCUT2D eigenvalue weighted by Crippen LogP contribution is 2.24. The number of anilines is 2. The summed E-state index contributed by atoms with van der Waals surface area (Å²) >= 11 is 7.83. The van der Waals surface area contributed by atoms with Gasteiger partial charge in [-0.25, -0.2) is 0 Å². The normalized spacial score (nSPS) is 12.5. The van der Waals surface area contributed by atoms with E-state index in [4.69, 9.17) is 17.3 Å². The zero-order valence-electron chi connectivity index (χ0n) is 8.38. The molecule has 1 aromatic carbocycles. The maximum atomic E-state index is 6.02. The first kappa shape index (κ1) is 11.5. The molecule has 0 heterocycles. The molecule has 2 nitrogen and oxygen atoms in total. The predicted molar refractivity (Wildman–Crippen MR) is 67.3 cm³/mol. The number of nitrogen functional groups attached to an aromatic ring is 1. The van der Waals surface area contributed by atoms with Crippen LogP contribution < -0.4 is 11.1 Å². The maximum absolute atomic E-state index is 6.02. The summed E-state index contributed by atoms with van der Waals surface area (Å²) in [6, 6.07) is 5.93. The number of thioether (sulfide) groups is 1. The van der Waals surface area contributed by atoms with Gasteiger partial charge in [0.1, 0.15) is 0 Å². The van der Waals surface area contributed by atoms with Crippen LogP contribution in [0.15, 0.2) is 18.2 Å². The number of nitrogens with two attached hydrogens (primary N) is 1. The van der Waals surface area contributed by atoms with E-state index in [0.717, 1.165) is 11.4 Å². The van der Waals surface area contributed by atoms with Gasteiger partial charge >= 0.3 is 0 Å². The second kappa shape index (κ2) is 5.37. The first-order chi connectivity index (χ1) is 6.63. The van der Waals surface area contributed by atoms with Crippen molar-refractivity contribution in [2.75, 3.05) is 23.1 Å². The summed E-state index contributed by atoms with van der Waals surface area (Å²) in [6.07, 6.45) is 2.09. The Balaban J connectivity index is 2.67. The van der Waals surface area contributed by atoms with E-state index in [9.17, 15) is 0 Å². The van der Waals surface area contributed by atoms with Crippen LogP contribution in [-0.4, -0.2) is 18.1 Å². The molecule has 1 rings (SSSR count). The quantitative estimate of drug-likeness (QED) is 0.781. The summed E-state index contributed by atoms with van der Waals surface area (Å²) < 4.78 is 0. The van der Waals surface area contributed by atoms with Crippen LogP contribution in [0.5, 0.6) is 0 Å². The van der Waals surface area contributed by atoms with Crippen LogP contribution in [0.1, 0.15) is 6.92 Å². The van der Waals surface area contributed by atoms with E-state index >= 15 is 0 Å². The SMILES string of the molecule is CSCC(C)Nc1ccc(N)cc1Cl. The van der Waals surface area contributed by atoms with Crippen LogP contribution in [-0.2, 0) is 0 Å². The molecule has 1 atom stereocenters. The summed E-state index contributed by atoms with van der Waals surface area (Å²) in [4.78, 5) is 0. The van der Waals surface area contributed by atoms with E-state index in [-0.39, 0.29) is 0 Å². The fourth-order valence-corrected chi connectivity index (χ4v) is 2.03. The smallest absolute Gasteiger partial charge is 0.0658 e. The number of rotatable bonds is 4. The highest BCUT2D eigenvalue weighted by atomic mass is 35.5. The lowest BCUT2D eigenvalue weighted by Crippen LogP contribution is -2.17. The summed E-state index contributed by atoms with van der Waals surface area (Å²) in [7, 11) is 0. The van der Waals surface area contributed by atoms with E-state index in [1.54, 1.807) is 6.07 Å². The highest BCUT2D eigenvalue weighted by molar-refractivity contribution is 7.98. The van der Waals surface area contributed by atoms with Gasteiger partial charge in [-0.1, -0.05) is 11.6 Å². The largest absolute Gasteiger partial charge is 0.399 e. The van der Waals surface area contributed by atoms with Crippen molar-refractivity contribution in [3.63, 3.8) is 0 Å². The first-order valence-electron chi connectivity index (χ1n) is 4.44. The Kier molecular flexibility index (Phi) is 4.42. The van der Waals surface area contributed by atoms with Gasteiger partial charge in [0.05, 0.1) is 10.7 Å². The molecule has 1 unspecified atom stereocenters. The summed E-state index contributed by atoms with van der Waals surface area (Å²) in [5.74, 6) is 1.06. The van der Waals surface area contributed by atoms with Gasteiger partial charge in [0.15, 0.2) is 0 Å². The van der Waals surface area contributed by atoms with E-state index in [1.165, 1.54) is 0 Å². The molecular weight excluding hydrogens is 216 g/mol. The van der Waals surface area contributed by atoms with Crippen molar-refractivity contribution < 1.29 is 0 Å². The molecule has 0 aliphatic rings. The maximum Gasteiger partial charge on any atom is 0.0658 e. The molecule has 0 aliphatic carbocycles. The van der Waals surface area contributed by atoms with Gasteiger partial charge in [0, 0.05) is 17.5 Å². The van der Waals surface area contributed by atoms with E-state index in [1.807, 2.05) is 23.9 Å². The lowest BCUT2D eigenvalue weighted by molar-refractivity contribution is 0.915. The average molecular weight is 231 g/mol. The number of halogens is 1. The summed E-state index contributed by atoms with van der Waals surface area (Å²) in [5, 5.41) is 4.01. The van der Waals surface area contributed by atoms with Crippen molar-refractivity contribution in [1.29, 1.82) is 0 Å². The zero-order valence-corrected chi connectivity index (χ0v) is 9.95. The van der Waals surface area contributed by atoms with Gasteiger partial charge in [-0.15, -0.1) is 0 Å². The van der Waals surface area contributed by atoms with Gasteiger partial charge < -0.3 is 11.1 Å². The number of hydrogen-bond donors (Lipinski definition) is 2. The monoisotopic (exact) mass is 230 g/mol. The van der Waals surface area contributed by atoms with Crippen LogP contribution >= 0.6 is 23.4 Å². The fraction of sp³-hybridized carbons (Fsp3) is 0.400. The molecule has 0 spiro atoms. The highest BCUT2D eigenvalue weighted by Gasteiger charge is 2.04. The molecule has 0 saturated carbocycles. The molecule has 0 amide bonds. The van der Waals surface area contributed by atoms with Gasteiger partial charge in [-0.2, -0.15) is 11.8 Å². The Morgan fingerprint density at radius 1 is 1.57 bits per heavy atom. The zero-order chi connectivity index (χ0) is 10.6. The Hall–Kier alpha value is -0.540. The Morgan fingerprint density at radius 2 is 2.29 bits per heavy atom.